The lowest BCUT2D eigenvalue weighted by Gasteiger charge is -2.22. The Morgan fingerprint density at radius 2 is 2.16 bits per heavy atom. The summed E-state index contributed by atoms with van der Waals surface area (Å²) in [6.07, 6.45) is 5.71. The second-order valence-corrected chi connectivity index (χ2v) is 5.09. The molecular weight excluding hydrogens is 240 g/mol. The summed E-state index contributed by atoms with van der Waals surface area (Å²) in [7, 11) is 0. The zero-order chi connectivity index (χ0) is 13.2. The molecule has 4 heteroatoms. The maximum atomic E-state index is 9.80. The Balaban J connectivity index is 1.87. The normalized spacial score (nSPS) is 18.3. The third kappa shape index (κ3) is 2.36. The van der Waals surface area contributed by atoms with Crippen molar-refractivity contribution in [3.63, 3.8) is 0 Å². The van der Waals surface area contributed by atoms with Crippen molar-refractivity contribution in [1.29, 1.82) is 0 Å². The number of hydrogen-bond donors (Lipinski definition) is 2. The number of aromatic nitrogens is 2. The average molecular weight is 258 g/mol. The summed E-state index contributed by atoms with van der Waals surface area (Å²) in [4.78, 5) is 4.63. The second kappa shape index (κ2) is 5.05. The fourth-order valence-electron chi connectivity index (χ4n) is 2.74. The molecule has 1 aliphatic rings. The molecule has 0 fully saturated rings. The van der Waals surface area contributed by atoms with E-state index in [1.165, 1.54) is 0 Å². The number of para-hydroxylation sites is 1. The molecule has 0 spiro atoms. The monoisotopic (exact) mass is 258 g/mol. The van der Waals surface area contributed by atoms with Gasteiger partial charge in [-0.15, -0.1) is 0 Å². The third-order valence-corrected chi connectivity index (χ3v) is 3.76. The molecule has 1 aromatic carbocycles. The van der Waals surface area contributed by atoms with E-state index in [1.807, 2.05) is 24.4 Å². The van der Waals surface area contributed by atoms with Crippen molar-refractivity contribution < 1.29 is 10.2 Å². The van der Waals surface area contributed by atoms with Crippen LogP contribution in [0.3, 0.4) is 0 Å². The van der Waals surface area contributed by atoms with Crippen LogP contribution in [-0.4, -0.2) is 26.4 Å². The lowest BCUT2D eigenvalue weighted by atomic mass is 10.1. The van der Waals surface area contributed by atoms with Gasteiger partial charge in [-0.3, -0.25) is 0 Å². The van der Waals surface area contributed by atoms with Crippen molar-refractivity contribution in [2.75, 3.05) is 6.61 Å². The first-order valence-corrected chi connectivity index (χ1v) is 6.72. The maximum Gasteiger partial charge on any atom is 0.119 e. The van der Waals surface area contributed by atoms with E-state index in [0.717, 1.165) is 36.3 Å². The molecule has 0 radical (unpaired) electrons. The predicted octanol–water partition coefficient (Wildman–Crippen LogP) is 2.05. The number of rotatable bonds is 3. The predicted molar refractivity (Wildman–Crippen MR) is 72.2 cm³/mol. The van der Waals surface area contributed by atoms with Crippen molar-refractivity contribution in [2.24, 2.45) is 0 Å². The number of benzene rings is 1. The summed E-state index contributed by atoms with van der Waals surface area (Å²) in [6.45, 7) is 0.166. The minimum atomic E-state index is 0.161. The van der Waals surface area contributed by atoms with Gasteiger partial charge in [0.25, 0.3) is 0 Å². The first kappa shape index (κ1) is 12.2. The molecule has 4 nitrogen and oxygen atoms in total. The lowest BCUT2D eigenvalue weighted by molar-refractivity contribution is 0.206. The zero-order valence-corrected chi connectivity index (χ0v) is 10.8. The number of hydrogen-bond acceptors (Lipinski definition) is 3. The van der Waals surface area contributed by atoms with Gasteiger partial charge in [0, 0.05) is 19.0 Å². The molecule has 3 rings (SSSR count). The van der Waals surface area contributed by atoms with Gasteiger partial charge >= 0.3 is 0 Å². The molecule has 1 aliphatic heterocycles. The Morgan fingerprint density at radius 1 is 1.32 bits per heavy atom. The van der Waals surface area contributed by atoms with Crippen LogP contribution in [0.4, 0.5) is 0 Å². The molecule has 0 amide bonds. The van der Waals surface area contributed by atoms with Gasteiger partial charge in [0.15, 0.2) is 0 Å². The van der Waals surface area contributed by atoms with Gasteiger partial charge in [0.1, 0.15) is 11.6 Å². The molecule has 2 aromatic rings. The van der Waals surface area contributed by atoms with Crippen LogP contribution in [0.5, 0.6) is 5.75 Å². The largest absolute Gasteiger partial charge is 0.508 e. The lowest BCUT2D eigenvalue weighted by Crippen LogP contribution is -2.20. The Kier molecular flexibility index (Phi) is 3.25. The number of aliphatic hydroxyl groups is 1. The molecule has 19 heavy (non-hydrogen) atoms. The summed E-state index contributed by atoms with van der Waals surface area (Å²) < 4.78 is 2.10. The van der Waals surface area contributed by atoms with E-state index >= 15 is 0 Å². The van der Waals surface area contributed by atoms with Crippen molar-refractivity contribution in [3.8, 4) is 5.75 Å². The van der Waals surface area contributed by atoms with Crippen LogP contribution in [0.25, 0.3) is 0 Å². The summed E-state index contributed by atoms with van der Waals surface area (Å²) >= 11 is 0. The van der Waals surface area contributed by atoms with Crippen molar-refractivity contribution in [1.82, 2.24) is 9.55 Å². The van der Waals surface area contributed by atoms with Crippen LogP contribution in [0.1, 0.15) is 36.0 Å². The topological polar surface area (TPSA) is 58.3 Å². The summed E-state index contributed by atoms with van der Waals surface area (Å²) in [5.74, 6) is 1.36. The Hall–Kier alpha value is -1.81. The number of phenolic OH excluding ortho intramolecular Hbond substituents is 1. The Morgan fingerprint density at radius 3 is 2.95 bits per heavy atom. The van der Waals surface area contributed by atoms with E-state index in [2.05, 4.69) is 9.55 Å². The molecule has 0 saturated heterocycles. The highest BCUT2D eigenvalue weighted by Gasteiger charge is 2.21. The molecular formula is C15H18N2O2. The SMILES string of the molecule is OCC1CCCc2nc(Cc3ccccc3O)cn21. The number of aryl methyl sites for hydroxylation is 1. The van der Waals surface area contributed by atoms with Crippen LogP contribution in [0.15, 0.2) is 30.5 Å². The van der Waals surface area contributed by atoms with Crippen molar-refractivity contribution in [2.45, 2.75) is 31.7 Å². The zero-order valence-electron chi connectivity index (χ0n) is 10.8. The number of nitrogens with zero attached hydrogens (tertiary/aromatic N) is 2. The van der Waals surface area contributed by atoms with E-state index in [4.69, 9.17) is 0 Å². The molecule has 0 bridgehead atoms. The van der Waals surface area contributed by atoms with Crippen LogP contribution in [0, 0.1) is 0 Å². The molecule has 100 valence electrons. The number of aliphatic hydroxyl groups excluding tert-OH is 1. The van der Waals surface area contributed by atoms with E-state index in [0.29, 0.717) is 12.2 Å². The van der Waals surface area contributed by atoms with Crippen LogP contribution < -0.4 is 0 Å². The van der Waals surface area contributed by atoms with Gasteiger partial charge in [0.05, 0.1) is 18.3 Å². The average Bonchev–Trinajstić information content (AvgIpc) is 2.83. The molecule has 0 saturated carbocycles. The minimum Gasteiger partial charge on any atom is -0.508 e. The quantitative estimate of drug-likeness (QED) is 0.886. The molecule has 2 N–H and O–H groups in total. The standard InChI is InChI=1S/C15H18N2O2/c18-10-13-5-3-7-15-16-12(9-17(13)15)8-11-4-1-2-6-14(11)19/h1-2,4,6,9,13,18-19H,3,5,7-8,10H2. The smallest absolute Gasteiger partial charge is 0.119 e. The number of imidazole rings is 1. The van der Waals surface area contributed by atoms with Crippen LogP contribution >= 0.6 is 0 Å². The van der Waals surface area contributed by atoms with Crippen LogP contribution in [0.2, 0.25) is 0 Å². The van der Waals surface area contributed by atoms with Gasteiger partial charge < -0.3 is 14.8 Å². The summed E-state index contributed by atoms with van der Waals surface area (Å²) in [5, 5.41) is 19.2. The molecule has 1 aromatic heterocycles. The number of phenols is 1. The fourth-order valence-corrected chi connectivity index (χ4v) is 2.74. The van der Waals surface area contributed by atoms with Gasteiger partial charge in [-0.05, 0) is 24.5 Å². The molecule has 2 heterocycles. The first-order chi connectivity index (χ1) is 9.28. The van der Waals surface area contributed by atoms with Gasteiger partial charge in [-0.25, -0.2) is 4.98 Å². The Labute approximate surface area is 112 Å². The third-order valence-electron chi connectivity index (χ3n) is 3.76. The van der Waals surface area contributed by atoms with E-state index < -0.39 is 0 Å². The first-order valence-electron chi connectivity index (χ1n) is 6.72. The molecule has 1 atom stereocenters. The van der Waals surface area contributed by atoms with E-state index in [-0.39, 0.29) is 12.6 Å². The highest BCUT2D eigenvalue weighted by molar-refractivity contribution is 5.34. The van der Waals surface area contributed by atoms with Crippen LogP contribution in [-0.2, 0) is 12.8 Å². The van der Waals surface area contributed by atoms with Gasteiger partial charge in [-0.2, -0.15) is 0 Å². The van der Waals surface area contributed by atoms with Gasteiger partial charge in [-0.1, -0.05) is 18.2 Å². The van der Waals surface area contributed by atoms with E-state index in [1.54, 1.807) is 6.07 Å². The summed E-state index contributed by atoms with van der Waals surface area (Å²) in [6, 6.07) is 7.51. The number of fused-ring (bicyclic) bond motifs is 1. The minimum absolute atomic E-state index is 0.161. The van der Waals surface area contributed by atoms with Gasteiger partial charge in [0.2, 0.25) is 0 Å². The summed E-state index contributed by atoms with van der Waals surface area (Å²) in [5.41, 5.74) is 1.84. The van der Waals surface area contributed by atoms with E-state index in [9.17, 15) is 10.2 Å². The molecule has 0 aliphatic carbocycles. The maximum absolute atomic E-state index is 9.80. The Bertz CT molecular complexity index is 577. The number of aromatic hydroxyl groups is 1. The van der Waals surface area contributed by atoms with Crippen molar-refractivity contribution in [3.05, 3.63) is 47.5 Å². The van der Waals surface area contributed by atoms with Crippen molar-refractivity contribution >= 4 is 0 Å². The fraction of sp³-hybridized carbons (Fsp3) is 0.400. The highest BCUT2D eigenvalue weighted by atomic mass is 16.3. The second-order valence-electron chi connectivity index (χ2n) is 5.09. The molecule has 1 unspecified atom stereocenters. The highest BCUT2D eigenvalue weighted by Crippen LogP contribution is 2.26.